The minimum atomic E-state index is 0. The zero-order valence-electron chi connectivity index (χ0n) is 16.1. The molecule has 1 unspecified atom stereocenters. The zero-order chi connectivity index (χ0) is 17.9. The number of benzene rings is 1. The Labute approximate surface area is 179 Å². The molecular formula is C19H33IN4OS. The van der Waals surface area contributed by atoms with Gasteiger partial charge in [0.2, 0.25) is 0 Å². The fraction of sp³-hybridized carbons (Fsp3) is 0.632. The normalized spacial score (nSPS) is 18.5. The highest BCUT2D eigenvalue weighted by Gasteiger charge is 2.20. The van der Waals surface area contributed by atoms with Crippen molar-refractivity contribution in [1.82, 2.24) is 15.5 Å². The second-order valence-corrected chi connectivity index (χ2v) is 7.86. The van der Waals surface area contributed by atoms with E-state index in [4.69, 9.17) is 4.74 Å². The van der Waals surface area contributed by atoms with Crippen molar-refractivity contribution in [2.75, 3.05) is 52.1 Å². The largest absolute Gasteiger partial charge is 0.374 e. The fourth-order valence-corrected chi connectivity index (χ4v) is 3.66. The second-order valence-electron chi connectivity index (χ2n) is 6.69. The minimum absolute atomic E-state index is 0. The first-order valence-electron chi connectivity index (χ1n) is 9.13. The minimum Gasteiger partial charge on any atom is -0.374 e. The summed E-state index contributed by atoms with van der Waals surface area (Å²) >= 11 is 1.85. The van der Waals surface area contributed by atoms with Crippen molar-refractivity contribution >= 4 is 41.7 Å². The average Bonchev–Trinajstić information content (AvgIpc) is 2.62. The number of thioether (sulfide) groups is 1. The molecule has 1 aliphatic heterocycles. The molecule has 1 fully saturated rings. The summed E-state index contributed by atoms with van der Waals surface area (Å²) in [6, 6.07) is 10.5. The molecule has 1 aromatic carbocycles. The van der Waals surface area contributed by atoms with Crippen molar-refractivity contribution in [1.29, 1.82) is 0 Å². The van der Waals surface area contributed by atoms with Gasteiger partial charge in [-0.1, -0.05) is 32.0 Å². The number of ether oxygens (including phenoxy) is 1. The van der Waals surface area contributed by atoms with Crippen LogP contribution in [0.5, 0.6) is 0 Å². The standard InChI is InChI=1S/C19H32N4OS.HI/c1-16(2)14-23-10-11-24-17(15-23)13-22-19(20-3)21-9-12-25-18-7-5-4-6-8-18;/h4-8,16-17H,9-15H2,1-3H3,(H2,20,21,22);1H. The molecule has 0 radical (unpaired) electrons. The van der Waals surface area contributed by atoms with Crippen LogP contribution in [0.25, 0.3) is 0 Å². The number of nitrogens with zero attached hydrogens (tertiary/aromatic N) is 2. The zero-order valence-corrected chi connectivity index (χ0v) is 19.3. The van der Waals surface area contributed by atoms with E-state index in [1.54, 1.807) is 0 Å². The molecule has 2 N–H and O–H groups in total. The van der Waals surface area contributed by atoms with Gasteiger partial charge in [-0.3, -0.25) is 9.89 Å². The number of nitrogens with one attached hydrogen (secondary N) is 2. The third kappa shape index (κ3) is 9.43. The molecule has 5 nitrogen and oxygen atoms in total. The predicted octanol–water partition coefficient (Wildman–Crippen LogP) is 2.92. The van der Waals surface area contributed by atoms with Gasteiger partial charge in [-0.25, -0.2) is 0 Å². The molecule has 2 rings (SSSR count). The molecule has 1 saturated heterocycles. The lowest BCUT2D eigenvalue weighted by atomic mass is 10.2. The fourth-order valence-electron chi connectivity index (χ4n) is 2.87. The van der Waals surface area contributed by atoms with Crippen molar-refractivity contribution in [3.8, 4) is 0 Å². The molecule has 0 spiro atoms. The summed E-state index contributed by atoms with van der Waals surface area (Å²) in [5.41, 5.74) is 0. The number of hydrogen-bond acceptors (Lipinski definition) is 4. The summed E-state index contributed by atoms with van der Waals surface area (Å²) in [5.74, 6) is 2.55. The number of guanidine groups is 1. The van der Waals surface area contributed by atoms with Crippen LogP contribution >= 0.6 is 35.7 Å². The van der Waals surface area contributed by atoms with Gasteiger partial charge in [0, 0.05) is 50.4 Å². The van der Waals surface area contributed by atoms with Gasteiger partial charge in [0.25, 0.3) is 0 Å². The van der Waals surface area contributed by atoms with Crippen LogP contribution in [0.3, 0.4) is 0 Å². The molecule has 7 heteroatoms. The van der Waals surface area contributed by atoms with E-state index in [-0.39, 0.29) is 30.1 Å². The first-order valence-corrected chi connectivity index (χ1v) is 10.1. The van der Waals surface area contributed by atoms with E-state index in [0.717, 1.165) is 51.0 Å². The summed E-state index contributed by atoms with van der Waals surface area (Å²) < 4.78 is 5.88. The Bertz CT molecular complexity index is 516. The second kappa shape index (κ2) is 13.6. The highest BCUT2D eigenvalue weighted by molar-refractivity contribution is 14.0. The van der Waals surface area contributed by atoms with Gasteiger partial charge in [0.1, 0.15) is 0 Å². The Hall–Kier alpha value is -0.510. The first kappa shape index (κ1) is 23.5. The number of hydrogen-bond donors (Lipinski definition) is 2. The molecule has 0 bridgehead atoms. The lowest BCUT2D eigenvalue weighted by molar-refractivity contribution is -0.0284. The molecule has 148 valence electrons. The van der Waals surface area contributed by atoms with Gasteiger partial charge >= 0.3 is 0 Å². The van der Waals surface area contributed by atoms with E-state index in [0.29, 0.717) is 5.92 Å². The predicted molar refractivity (Wildman–Crippen MR) is 123 cm³/mol. The summed E-state index contributed by atoms with van der Waals surface area (Å²) in [4.78, 5) is 8.09. The van der Waals surface area contributed by atoms with Crippen molar-refractivity contribution in [2.24, 2.45) is 10.9 Å². The Balaban J connectivity index is 0.00000338. The highest BCUT2D eigenvalue weighted by Crippen LogP contribution is 2.15. The molecular weight excluding hydrogens is 459 g/mol. The molecule has 0 aliphatic carbocycles. The smallest absolute Gasteiger partial charge is 0.191 e. The SMILES string of the molecule is CN=C(NCCSc1ccccc1)NCC1CN(CC(C)C)CCO1.I. The van der Waals surface area contributed by atoms with Crippen LogP contribution < -0.4 is 10.6 Å². The van der Waals surface area contributed by atoms with Gasteiger partial charge in [-0.05, 0) is 18.1 Å². The van der Waals surface area contributed by atoms with Crippen molar-refractivity contribution in [3.05, 3.63) is 30.3 Å². The number of aliphatic imine (C=N–C) groups is 1. The summed E-state index contributed by atoms with van der Waals surface area (Å²) in [7, 11) is 1.81. The van der Waals surface area contributed by atoms with Crippen molar-refractivity contribution < 1.29 is 4.74 Å². The molecule has 1 heterocycles. The highest BCUT2D eigenvalue weighted by atomic mass is 127. The Kier molecular flexibility index (Phi) is 12.3. The van der Waals surface area contributed by atoms with Crippen molar-refractivity contribution in [2.45, 2.75) is 24.8 Å². The van der Waals surface area contributed by atoms with E-state index >= 15 is 0 Å². The van der Waals surface area contributed by atoms with Gasteiger partial charge < -0.3 is 15.4 Å². The van der Waals surface area contributed by atoms with Gasteiger partial charge in [0.05, 0.1) is 12.7 Å². The molecule has 26 heavy (non-hydrogen) atoms. The van der Waals surface area contributed by atoms with E-state index in [9.17, 15) is 0 Å². The third-order valence-corrected chi connectivity index (χ3v) is 4.99. The van der Waals surface area contributed by atoms with E-state index < -0.39 is 0 Å². The molecule has 1 aliphatic rings. The lowest BCUT2D eigenvalue weighted by Gasteiger charge is -2.34. The summed E-state index contributed by atoms with van der Waals surface area (Å²) in [6.45, 7) is 10.2. The van der Waals surface area contributed by atoms with Crippen LogP contribution in [0.4, 0.5) is 0 Å². The monoisotopic (exact) mass is 492 g/mol. The Morgan fingerprint density at radius 1 is 1.31 bits per heavy atom. The number of rotatable bonds is 8. The maximum absolute atomic E-state index is 5.88. The maximum atomic E-state index is 5.88. The van der Waals surface area contributed by atoms with Crippen molar-refractivity contribution in [3.63, 3.8) is 0 Å². The van der Waals surface area contributed by atoms with Gasteiger partial charge in [0.15, 0.2) is 5.96 Å². The van der Waals surface area contributed by atoms with Gasteiger partial charge in [-0.2, -0.15) is 0 Å². The molecule has 1 atom stereocenters. The lowest BCUT2D eigenvalue weighted by Crippen LogP contribution is -2.50. The first-order chi connectivity index (χ1) is 12.2. The molecule has 1 aromatic rings. The third-order valence-electron chi connectivity index (χ3n) is 3.97. The Morgan fingerprint density at radius 3 is 2.77 bits per heavy atom. The maximum Gasteiger partial charge on any atom is 0.191 e. The topological polar surface area (TPSA) is 48.9 Å². The van der Waals surface area contributed by atoms with Crippen LogP contribution in [0, 0.1) is 5.92 Å². The quantitative estimate of drug-likeness (QED) is 0.192. The summed E-state index contributed by atoms with van der Waals surface area (Å²) in [6.07, 6.45) is 0.227. The number of halogens is 1. The van der Waals surface area contributed by atoms with E-state index in [1.165, 1.54) is 4.90 Å². The molecule has 0 saturated carbocycles. The van der Waals surface area contributed by atoms with E-state index in [1.807, 2.05) is 24.9 Å². The van der Waals surface area contributed by atoms with E-state index in [2.05, 4.69) is 58.6 Å². The van der Waals surface area contributed by atoms with Crippen LogP contribution in [0.15, 0.2) is 40.2 Å². The van der Waals surface area contributed by atoms with Crippen LogP contribution in [-0.2, 0) is 4.74 Å². The molecule has 0 aromatic heterocycles. The average molecular weight is 492 g/mol. The summed E-state index contributed by atoms with van der Waals surface area (Å²) in [5, 5.41) is 6.76. The van der Waals surface area contributed by atoms with Gasteiger partial charge in [-0.15, -0.1) is 35.7 Å². The number of morpholine rings is 1. The van der Waals surface area contributed by atoms with Crippen LogP contribution in [0.2, 0.25) is 0 Å². The van der Waals surface area contributed by atoms with Crippen LogP contribution in [-0.4, -0.2) is 69.1 Å². The Morgan fingerprint density at radius 2 is 2.08 bits per heavy atom. The molecule has 0 amide bonds. The van der Waals surface area contributed by atoms with Crippen LogP contribution in [0.1, 0.15) is 13.8 Å².